The van der Waals surface area contributed by atoms with Crippen molar-refractivity contribution in [2.45, 2.75) is 83.6 Å². The lowest BCUT2D eigenvalue weighted by Gasteiger charge is -2.21. The predicted molar refractivity (Wildman–Crippen MR) is 89.1 cm³/mol. The standard InChI is InChI=1S/C18H35NO/c1-5-7-8-9-10-11-12-13-14-16-18(20)17(15-6-2)19(3)4/h6,17H,2,5,7-16H2,1,3-4H3. The van der Waals surface area contributed by atoms with Crippen LogP contribution in [0.1, 0.15) is 77.6 Å². The van der Waals surface area contributed by atoms with E-state index in [1.54, 1.807) is 0 Å². The van der Waals surface area contributed by atoms with Crippen molar-refractivity contribution in [3.8, 4) is 0 Å². The SMILES string of the molecule is C=CCC(C(=O)CCCCCCCCCCC)N(C)C. The number of nitrogens with zero attached hydrogens (tertiary/aromatic N) is 1. The van der Waals surface area contributed by atoms with Crippen LogP contribution >= 0.6 is 0 Å². The Morgan fingerprint density at radius 1 is 1.00 bits per heavy atom. The summed E-state index contributed by atoms with van der Waals surface area (Å²) < 4.78 is 0. The van der Waals surface area contributed by atoms with Gasteiger partial charge < -0.3 is 0 Å². The molecule has 0 radical (unpaired) electrons. The third-order valence-corrected chi connectivity index (χ3v) is 3.91. The molecule has 0 aromatic carbocycles. The van der Waals surface area contributed by atoms with Crippen LogP contribution in [0, 0.1) is 0 Å². The Bertz CT molecular complexity index is 248. The maximum Gasteiger partial charge on any atom is 0.150 e. The molecular formula is C18H35NO. The summed E-state index contributed by atoms with van der Waals surface area (Å²) in [5, 5.41) is 0. The molecule has 0 aliphatic heterocycles. The van der Waals surface area contributed by atoms with Crippen molar-refractivity contribution in [1.29, 1.82) is 0 Å². The van der Waals surface area contributed by atoms with E-state index in [0.29, 0.717) is 5.78 Å². The molecule has 0 aliphatic carbocycles. The van der Waals surface area contributed by atoms with Crippen LogP contribution in [0.2, 0.25) is 0 Å². The molecule has 0 fully saturated rings. The lowest BCUT2D eigenvalue weighted by molar-refractivity contribution is -0.123. The fraction of sp³-hybridized carbons (Fsp3) is 0.833. The first kappa shape index (κ1) is 19.4. The van der Waals surface area contributed by atoms with E-state index in [1.165, 1.54) is 51.4 Å². The first-order valence-corrected chi connectivity index (χ1v) is 8.43. The predicted octanol–water partition coefficient (Wildman–Crippen LogP) is 4.98. The number of Topliss-reactive ketones (excluding diaryl/α,β-unsaturated/α-hetero) is 1. The molecule has 0 aliphatic rings. The lowest BCUT2D eigenvalue weighted by atomic mass is 10.0. The summed E-state index contributed by atoms with van der Waals surface area (Å²) in [6.07, 6.45) is 15.1. The van der Waals surface area contributed by atoms with E-state index < -0.39 is 0 Å². The molecule has 0 spiro atoms. The van der Waals surface area contributed by atoms with Gasteiger partial charge in [-0.2, -0.15) is 0 Å². The topological polar surface area (TPSA) is 20.3 Å². The highest BCUT2D eigenvalue weighted by atomic mass is 16.1. The molecule has 0 aromatic heterocycles. The van der Waals surface area contributed by atoms with E-state index in [2.05, 4.69) is 13.5 Å². The van der Waals surface area contributed by atoms with Crippen molar-refractivity contribution in [3.63, 3.8) is 0 Å². The summed E-state index contributed by atoms with van der Waals surface area (Å²) >= 11 is 0. The van der Waals surface area contributed by atoms with Crippen molar-refractivity contribution >= 4 is 5.78 Å². The Kier molecular flexibility index (Phi) is 12.9. The van der Waals surface area contributed by atoms with Gasteiger partial charge in [-0.05, 0) is 26.9 Å². The maximum atomic E-state index is 12.1. The molecule has 0 heterocycles. The Balaban J connectivity index is 3.53. The van der Waals surface area contributed by atoms with Crippen molar-refractivity contribution in [2.75, 3.05) is 14.1 Å². The summed E-state index contributed by atoms with van der Waals surface area (Å²) in [6.45, 7) is 5.99. The van der Waals surface area contributed by atoms with Gasteiger partial charge in [-0.3, -0.25) is 9.69 Å². The van der Waals surface area contributed by atoms with Gasteiger partial charge >= 0.3 is 0 Å². The lowest BCUT2D eigenvalue weighted by Crippen LogP contribution is -2.35. The third kappa shape index (κ3) is 10.2. The monoisotopic (exact) mass is 281 g/mol. The first-order valence-electron chi connectivity index (χ1n) is 8.43. The van der Waals surface area contributed by atoms with Gasteiger partial charge in [-0.15, -0.1) is 6.58 Å². The maximum absolute atomic E-state index is 12.1. The van der Waals surface area contributed by atoms with Crippen LogP contribution in [0.4, 0.5) is 0 Å². The molecule has 0 aromatic rings. The molecular weight excluding hydrogens is 246 g/mol. The second-order valence-corrected chi connectivity index (χ2v) is 6.05. The molecule has 0 saturated heterocycles. The molecule has 0 amide bonds. The van der Waals surface area contributed by atoms with Crippen LogP contribution in [0.3, 0.4) is 0 Å². The van der Waals surface area contributed by atoms with Crippen molar-refractivity contribution in [2.24, 2.45) is 0 Å². The van der Waals surface area contributed by atoms with Gasteiger partial charge in [-0.1, -0.05) is 64.4 Å². The van der Waals surface area contributed by atoms with Crippen LogP contribution in [-0.2, 0) is 4.79 Å². The highest BCUT2D eigenvalue weighted by molar-refractivity contribution is 5.84. The van der Waals surface area contributed by atoms with E-state index in [9.17, 15) is 4.79 Å². The van der Waals surface area contributed by atoms with Crippen molar-refractivity contribution in [1.82, 2.24) is 4.90 Å². The number of ketones is 1. The van der Waals surface area contributed by atoms with E-state index in [1.807, 2.05) is 25.1 Å². The average Bonchev–Trinajstić information content (AvgIpc) is 2.42. The van der Waals surface area contributed by atoms with Crippen LogP contribution in [0.15, 0.2) is 12.7 Å². The van der Waals surface area contributed by atoms with E-state index in [4.69, 9.17) is 0 Å². The third-order valence-electron chi connectivity index (χ3n) is 3.91. The zero-order valence-corrected chi connectivity index (χ0v) is 14.0. The largest absolute Gasteiger partial charge is 0.300 e. The highest BCUT2D eigenvalue weighted by Gasteiger charge is 2.18. The molecule has 2 heteroatoms. The fourth-order valence-corrected chi connectivity index (χ4v) is 2.56. The molecule has 0 rings (SSSR count). The number of carbonyl (C=O) groups is 1. The normalized spacial score (nSPS) is 12.6. The van der Waals surface area contributed by atoms with Crippen LogP contribution in [0.25, 0.3) is 0 Å². The number of rotatable bonds is 14. The van der Waals surface area contributed by atoms with Crippen molar-refractivity contribution < 1.29 is 4.79 Å². The molecule has 0 bridgehead atoms. The zero-order chi connectivity index (χ0) is 15.2. The molecule has 118 valence electrons. The molecule has 0 saturated carbocycles. The van der Waals surface area contributed by atoms with Crippen LogP contribution in [-0.4, -0.2) is 30.8 Å². The molecule has 1 atom stereocenters. The Hall–Kier alpha value is -0.630. The number of likely N-dealkylation sites (N-methyl/N-ethyl adjacent to an activating group) is 1. The molecule has 20 heavy (non-hydrogen) atoms. The van der Waals surface area contributed by atoms with E-state index >= 15 is 0 Å². The summed E-state index contributed by atoms with van der Waals surface area (Å²) in [5.74, 6) is 0.373. The number of carbonyl (C=O) groups excluding carboxylic acids is 1. The van der Waals surface area contributed by atoms with Gasteiger partial charge in [0, 0.05) is 6.42 Å². The van der Waals surface area contributed by atoms with E-state index in [0.717, 1.165) is 19.3 Å². The van der Waals surface area contributed by atoms with Gasteiger partial charge in [0.25, 0.3) is 0 Å². The number of unbranched alkanes of at least 4 members (excludes halogenated alkanes) is 8. The van der Waals surface area contributed by atoms with Gasteiger partial charge in [0.2, 0.25) is 0 Å². The second-order valence-electron chi connectivity index (χ2n) is 6.05. The number of hydrogen-bond acceptors (Lipinski definition) is 2. The smallest absolute Gasteiger partial charge is 0.150 e. The van der Waals surface area contributed by atoms with Gasteiger partial charge in [-0.25, -0.2) is 0 Å². The summed E-state index contributed by atoms with van der Waals surface area (Å²) in [5.41, 5.74) is 0. The molecule has 0 N–H and O–H groups in total. The summed E-state index contributed by atoms with van der Waals surface area (Å²) in [4.78, 5) is 14.1. The first-order chi connectivity index (χ1) is 9.63. The minimum atomic E-state index is 0.0292. The minimum Gasteiger partial charge on any atom is -0.300 e. The molecule has 1 unspecified atom stereocenters. The van der Waals surface area contributed by atoms with E-state index in [-0.39, 0.29) is 6.04 Å². The second kappa shape index (κ2) is 13.4. The van der Waals surface area contributed by atoms with Gasteiger partial charge in [0.1, 0.15) is 5.78 Å². The van der Waals surface area contributed by atoms with Crippen LogP contribution < -0.4 is 0 Å². The van der Waals surface area contributed by atoms with Crippen molar-refractivity contribution in [3.05, 3.63) is 12.7 Å². The minimum absolute atomic E-state index is 0.0292. The van der Waals surface area contributed by atoms with Gasteiger partial charge in [0.05, 0.1) is 6.04 Å². The Morgan fingerprint density at radius 3 is 1.95 bits per heavy atom. The van der Waals surface area contributed by atoms with Gasteiger partial charge in [0.15, 0.2) is 0 Å². The number of hydrogen-bond donors (Lipinski definition) is 0. The fourth-order valence-electron chi connectivity index (χ4n) is 2.56. The van der Waals surface area contributed by atoms with Crippen LogP contribution in [0.5, 0.6) is 0 Å². The highest BCUT2D eigenvalue weighted by Crippen LogP contribution is 2.12. The zero-order valence-electron chi connectivity index (χ0n) is 14.0. The average molecular weight is 281 g/mol. The molecule has 2 nitrogen and oxygen atoms in total. The summed E-state index contributed by atoms with van der Waals surface area (Å²) in [6, 6.07) is 0.0292. The quantitative estimate of drug-likeness (QED) is 0.330. The summed E-state index contributed by atoms with van der Waals surface area (Å²) in [7, 11) is 3.95. The Morgan fingerprint density at radius 2 is 1.50 bits per heavy atom. The Labute approximate surface area is 126 Å².